The molecular weight excluding hydrogens is 342 g/mol. The lowest BCUT2D eigenvalue weighted by atomic mass is 9.84. The monoisotopic (exact) mass is 355 g/mol. The number of nitro groups is 1. The lowest BCUT2D eigenvalue weighted by molar-refractivity contribution is -0.385. The van der Waals surface area contributed by atoms with Crippen LogP contribution >= 0.6 is 0 Å². The molecule has 26 heavy (non-hydrogen) atoms. The molecule has 1 aromatic heterocycles. The van der Waals surface area contributed by atoms with Crippen LogP contribution in [0.3, 0.4) is 0 Å². The Labute approximate surface area is 146 Å². The zero-order valence-electron chi connectivity index (χ0n) is 13.8. The molecule has 10 nitrogen and oxygen atoms in total. The quantitative estimate of drug-likeness (QED) is 0.598. The maximum atomic E-state index is 12.7. The standard InChI is InChI=1S/C16H13N5O5/c1-19-14(22)12-11(8-5-3-4-6-10(8)21(24)25)9(7-17)13(18)26-15(12)20(2)16(19)23/h3-6,11H,18H2,1-2H3. The Hall–Kier alpha value is -3.87. The highest BCUT2D eigenvalue weighted by Gasteiger charge is 2.38. The van der Waals surface area contributed by atoms with Gasteiger partial charge in [0.1, 0.15) is 11.6 Å². The molecule has 0 saturated heterocycles. The van der Waals surface area contributed by atoms with Crippen molar-refractivity contribution in [3.8, 4) is 11.9 Å². The molecule has 2 aromatic rings. The first-order chi connectivity index (χ1) is 12.3. The van der Waals surface area contributed by atoms with Gasteiger partial charge in [-0.2, -0.15) is 5.26 Å². The molecule has 0 radical (unpaired) electrons. The molecule has 132 valence electrons. The van der Waals surface area contributed by atoms with Gasteiger partial charge in [0.25, 0.3) is 11.2 Å². The molecule has 3 rings (SSSR count). The molecule has 1 aromatic carbocycles. The van der Waals surface area contributed by atoms with E-state index in [4.69, 9.17) is 10.5 Å². The Morgan fingerprint density at radius 2 is 1.92 bits per heavy atom. The van der Waals surface area contributed by atoms with Gasteiger partial charge in [-0.25, -0.2) is 4.79 Å². The Kier molecular flexibility index (Phi) is 3.84. The zero-order valence-corrected chi connectivity index (χ0v) is 13.8. The number of aromatic nitrogens is 2. The average Bonchev–Trinajstić information content (AvgIpc) is 2.63. The number of allylic oxidation sites excluding steroid dienone is 1. The third kappa shape index (κ3) is 2.26. The summed E-state index contributed by atoms with van der Waals surface area (Å²) in [6, 6.07) is 7.59. The van der Waals surface area contributed by atoms with E-state index in [1.807, 2.05) is 6.07 Å². The lowest BCUT2D eigenvalue weighted by Crippen LogP contribution is -2.42. The van der Waals surface area contributed by atoms with Gasteiger partial charge in [-0.1, -0.05) is 18.2 Å². The number of nitrogens with zero attached hydrogens (tertiary/aromatic N) is 4. The second-order valence-corrected chi connectivity index (χ2v) is 5.67. The van der Waals surface area contributed by atoms with Gasteiger partial charge in [0, 0.05) is 25.7 Å². The van der Waals surface area contributed by atoms with Gasteiger partial charge in [0.15, 0.2) is 0 Å². The summed E-state index contributed by atoms with van der Waals surface area (Å²) < 4.78 is 7.27. The topological polar surface area (TPSA) is 146 Å². The number of nitriles is 1. The van der Waals surface area contributed by atoms with Crippen molar-refractivity contribution in [2.75, 3.05) is 0 Å². The number of rotatable bonds is 2. The van der Waals surface area contributed by atoms with E-state index in [2.05, 4.69) is 0 Å². The summed E-state index contributed by atoms with van der Waals surface area (Å²) in [6.45, 7) is 0. The molecule has 0 spiro atoms. The summed E-state index contributed by atoms with van der Waals surface area (Å²) >= 11 is 0. The fourth-order valence-corrected chi connectivity index (χ4v) is 3.00. The first kappa shape index (κ1) is 17.0. The van der Waals surface area contributed by atoms with Crippen LogP contribution in [0.1, 0.15) is 17.0 Å². The first-order valence-electron chi connectivity index (χ1n) is 7.40. The van der Waals surface area contributed by atoms with E-state index in [0.29, 0.717) is 0 Å². The number of benzene rings is 1. The van der Waals surface area contributed by atoms with Gasteiger partial charge >= 0.3 is 5.69 Å². The number of ether oxygens (including phenoxy) is 1. The van der Waals surface area contributed by atoms with Gasteiger partial charge in [-0.05, 0) is 0 Å². The van der Waals surface area contributed by atoms with Crippen LogP contribution in [-0.2, 0) is 14.1 Å². The summed E-state index contributed by atoms with van der Waals surface area (Å²) in [6.07, 6.45) is 0. The maximum Gasteiger partial charge on any atom is 0.333 e. The molecule has 10 heteroatoms. The maximum absolute atomic E-state index is 12.7. The van der Waals surface area contributed by atoms with Gasteiger partial charge in [-0.15, -0.1) is 0 Å². The Morgan fingerprint density at radius 3 is 2.54 bits per heavy atom. The van der Waals surface area contributed by atoms with Crippen molar-refractivity contribution in [3.63, 3.8) is 0 Å². The minimum absolute atomic E-state index is 0.0605. The number of fused-ring (bicyclic) bond motifs is 1. The molecule has 1 aliphatic rings. The van der Waals surface area contributed by atoms with Crippen molar-refractivity contribution >= 4 is 5.69 Å². The molecule has 2 heterocycles. The molecule has 1 atom stereocenters. The second kappa shape index (κ2) is 5.89. The van der Waals surface area contributed by atoms with Crippen molar-refractivity contribution in [1.82, 2.24) is 9.13 Å². The van der Waals surface area contributed by atoms with Crippen molar-refractivity contribution in [1.29, 1.82) is 5.26 Å². The highest BCUT2D eigenvalue weighted by atomic mass is 16.6. The molecule has 0 bridgehead atoms. The Morgan fingerprint density at radius 1 is 1.27 bits per heavy atom. The predicted octanol–water partition coefficient (Wildman–Crippen LogP) is 0.210. The SMILES string of the molecule is Cn1c2c(c(=O)n(C)c1=O)C(c1ccccc1[N+](=O)[O-])C(C#N)=C(N)O2. The number of nitro benzene ring substituents is 1. The molecule has 0 fully saturated rings. The first-order valence-corrected chi connectivity index (χ1v) is 7.40. The second-order valence-electron chi connectivity index (χ2n) is 5.67. The van der Waals surface area contributed by atoms with Crippen LogP contribution in [0.15, 0.2) is 45.3 Å². The summed E-state index contributed by atoms with van der Waals surface area (Å²) in [5.41, 5.74) is 4.08. The average molecular weight is 355 g/mol. The summed E-state index contributed by atoms with van der Waals surface area (Å²) in [5.74, 6) is -1.58. The molecule has 0 aliphatic carbocycles. The highest BCUT2D eigenvalue weighted by Crippen LogP contribution is 2.42. The van der Waals surface area contributed by atoms with Gasteiger partial charge in [-0.3, -0.25) is 24.0 Å². The summed E-state index contributed by atoms with van der Waals surface area (Å²) in [5, 5.41) is 20.9. The van der Waals surface area contributed by atoms with Crippen LogP contribution in [0.25, 0.3) is 0 Å². The summed E-state index contributed by atoms with van der Waals surface area (Å²) in [4.78, 5) is 35.7. The highest BCUT2D eigenvalue weighted by molar-refractivity contribution is 5.58. The zero-order chi connectivity index (χ0) is 19.2. The van der Waals surface area contributed by atoms with E-state index in [1.54, 1.807) is 6.07 Å². The number of para-hydroxylation sites is 1. The van der Waals surface area contributed by atoms with E-state index in [9.17, 15) is 25.0 Å². The molecular formula is C16H13N5O5. The minimum Gasteiger partial charge on any atom is -0.423 e. The third-order valence-corrected chi connectivity index (χ3v) is 4.26. The molecule has 1 aliphatic heterocycles. The van der Waals surface area contributed by atoms with Crippen LogP contribution in [0.5, 0.6) is 5.88 Å². The summed E-state index contributed by atoms with van der Waals surface area (Å²) in [7, 11) is 2.65. The van der Waals surface area contributed by atoms with Crippen LogP contribution in [0.4, 0.5) is 5.69 Å². The van der Waals surface area contributed by atoms with Crippen LogP contribution in [-0.4, -0.2) is 14.1 Å². The van der Waals surface area contributed by atoms with E-state index >= 15 is 0 Å². The normalized spacial score (nSPS) is 15.8. The fourth-order valence-electron chi connectivity index (χ4n) is 3.00. The van der Waals surface area contributed by atoms with E-state index < -0.39 is 22.1 Å². The van der Waals surface area contributed by atoms with Crippen molar-refractivity contribution < 1.29 is 9.66 Å². The van der Waals surface area contributed by atoms with E-state index in [1.165, 1.54) is 32.3 Å². The molecule has 1 unspecified atom stereocenters. The van der Waals surface area contributed by atoms with E-state index in [-0.39, 0.29) is 34.2 Å². The van der Waals surface area contributed by atoms with Crippen LogP contribution in [0.2, 0.25) is 0 Å². The molecule has 0 saturated carbocycles. The van der Waals surface area contributed by atoms with E-state index in [0.717, 1.165) is 9.13 Å². The van der Waals surface area contributed by atoms with Gasteiger partial charge in [0.2, 0.25) is 11.8 Å². The van der Waals surface area contributed by atoms with Crippen LogP contribution < -0.4 is 21.7 Å². The molecule has 2 N–H and O–H groups in total. The number of nitrogens with two attached hydrogens (primary N) is 1. The van der Waals surface area contributed by atoms with Crippen molar-refractivity contribution in [3.05, 3.63) is 77.8 Å². The predicted molar refractivity (Wildman–Crippen MR) is 89.3 cm³/mol. The lowest BCUT2D eigenvalue weighted by Gasteiger charge is -2.26. The van der Waals surface area contributed by atoms with Crippen molar-refractivity contribution in [2.24, 2.45) is 19.8 Å². The molecule has 0 amide bonds. The van der Waals surface area contributed by atoms with Crippen molar-refractivity contribution in [2.45, 2.75) is 5.92 Å². The fraction of sp³-hybridized carbons (Fsp3) is 0.188. The largest absolute Gasteiger partial charge is 0.423 e. The number of hydrogen-bond acceptors (Lipinski definition) is 7. The van der Waals surface area contributed by atoms with Gasteiger partial charge < -0.3 is 10.5 Å². The number of hydrogen-bond donors (Lipinski definition) is 1. The van der Waals surface area contributed by atoms with Crippen LogP contribution in [0, 0.1) is 21.4 Å². The van der Waals surface area contributed by atoms with Gasteiger partial charge in [0.05, 0.1) is 16.4 Å². The smallest absolute Gasteiger partial charge is 0.333 e. The minimum atomic E-state index is -1.13. The third-order valence-electron chi connectivity index (χ3n) is 4.26. The Balaban J connectivity index is 2.48. The Bertz CT molecular complexity index is 1140.